The van der Waals surface area contributed by atoms with E-state index in [9.17, 15) is 8.42 Å². The maximum Gasteiger partial charge on any atom is 0.243 e. The Morgan fingerprint density at radius 1 is 1.15 bits per heavy atom. The molecular weight excluding hydrogens is 340 g/mol. The van der Waals surface area contributed by atoms with Crippen LogP contribution in [0.4, 0.5) is 0 Å². The van der Waals surface area contributed by atoms with E-state index in [1.807, 2.05) is 25.3 Å². The molecule has 0 unspecified atom stereocenters. The third-order valence-electron chi connectivity index (χ3n) is 3.71. The highest BCUT2D eigenvalue weighted by Crippen LogP contribution is 2.31. The summed E-state index contributed by atoms with van der Waals surface area (Å²) in [5.74, 6) is 0. The number of hydrogen-bond donors (Lipinski definition) is 0. The molecule has 0 bridgehead atoms. The summed E-state index contributed by atoms with van der Waals surface area (Å²) in [7, 11) is -3.45. The quantitative estimate of drug-likeness (QED) is 0.831. The first-order valence-corrected chi connectivity index (χ1v) is 8.66. The molecule has 0 N–H and O–H groups in total. The van der Waals surface area contributed by atoms with Crippen molar-refractivity contribution in [2.75, 3.05) is 6.54 Å². The molecule has 106 valence electrons. The van der Waals surface area contributed by atoms with Gasteiger partial charge in [-0.25, -0.2) is 8.42 Å². The van der Waals surface area contributed by atoms with Crippen molar-refractivity contribution < 1.29 is 8.42 Å². The van der Waals surface area contributed by atoms with Crippen molar-refractivity contribution in [2.45, 2.75) is 24.4 Å². The van der Waals surface area contributed by atoms with Crippen molar-refractivity contribution in [3.05, 3.63) is 52.8 Å². The van der Waals surface area contributed by atoms with Gasteiger partial charge in [0.05, 0.1) is 10.9 Å². The molecule has 1 aliphatic heterocycles. The van der Waals surface area contributed by atoms with Gasteiger partial charge in [-0.05, 0) is 43.3 Å². The molecule has 0 aliphatic carbocycles. The molecule has 0 amide bonds. The fourth-order valence-corrected chi connectivity index (χ4v) is 4.49. The molecule has 6 heteroatoms. The van der Waals surface area contributed by atoms with Crippen LogP contribution in [0.1, 0.15) is 18.7 Å². The monoisotopic (exact) mass is 354 g/mol. The first-order chi connectivity index (χ1) is 9.50. The van der Waals surface area contributed by atoms with Crippen molar-refractivity contribution in [1.29, 1.82) is 0 Å². The van der Waals surface area contributed by atoms with Gasteiger partial charge in [-0.3, -0.25) is 0 Å². The topological polar surface area (TPSA) is 42.3 Å². The zero-order valence-corrected chi connectivity index (χ0v) is 13.4. The molecule has 20 heavy (non-hydrogen) atoms. The van der Waals surface area contributed by atoms with E-state index in [-0.39, 0.29) is 6.04 Å². The van der Waals surface area contributed by atoms with Crippen LogP contribution in [0.25, 0.3) is 0 Å². The highest BCUT2D eigenvalue weighted by atomic mass is 79.9. The van der Waals surface area contributed by atoms with Crippen molar-refractivity contribution >= 4 is 26.0 Å². The minimum atomic E-state index is -3.45. The number of halogens is 1. The van der Waals surface area contributed by atoms with Crippen LogP contribution in [0, 0.1) is 0 Å². The summed E-state index contributed by atoms with van der Waals surface area (Å²) >= 11 is 3.32. The molecule has 1 aliphatic rings. The van der Waals surface area contributed by atoms with Gasteiger partial charge in [-0.2, -0.15) is 4.31 Å². The van der Waals surface area contributed by atoms with Gasteiger partial charge in [0, 0.05) is 29.5 Å². The van der Waals surface area contributed by atoms with E-state index in [2.05, 4.69) is 20.5 Å². The predicted molar refractivity (Wildman–Crippen MR) is 80.9 cm³/mol. The van der Waals surface area contributed by atoms with E-state index in [0.717, 1.165) is 10.2 Å². The van der Waals surface area contributed by atoms with E-state index in [1.54, 1.807) is 28.6 Å². The molecule has 0 spiro atoms. The smallest absolute Gasteiger partial charge is 0.243 e. The Bertz CT molecular complexity index is 722. The molecular formula is C14H15BrN2O2S. The van der Waals surface area contributed by atoms with Gasteiger partial charge in [0.15, 0.2) is 0 Å². The first-order valence-electron chi connectivity index (χ1n) is 6.42. The minimum absolute atomic E-state index is 0.146. The molecule has 0 fully saturated rings. The maximum absolute atomic E-state index is 12.7. The summed E-state index contributed by atoms with van der Waals surface area (Å²) in [4.78, 5) is 0.340. The standard InChI is InChI=1S/C14H15BrN2O2S/c1-11-14-3-2-8-16(14)9-10-17(11)20(18,19)13-6-4-12(15)5-7-13/h2-8,11H,9-10H2,1H3/t11-/m1/s1. The second kappa shape index (κ2) is 5.02. The lowest BCUT2D eigenvalue weighted by Gasteiger charge is -2.33. The zero-order chi connectivity index (χ0) is 14.3. The van der Waals surface area contributed by atoms with E-state index in [4.69, 9.17) is 0 Å². The maximum atomic E-state index is 12.7. The van der Waals surface area contributed by atoms with Crippen LogP contribution in [0.15, 0.2) is 52.0 Å². The number of sulfonamides is 1. The van der Waals surface area contributed by atoms with Crippen molar-refractivity contribution in [3.8, 4) is 0 Å². The van der Waals surface area contributed by atoms with Gasteiger partial charge in [-0.1, -0.05) is 15.9 Å². The van der Waals surface area contributed by atoms with Crippen molar-refractivity contribution in [1.82, 2.24) is 8.87 Å². The fraction of sp³-hybridized carbons (Fsp3) is 0.286. The third-order valence-corrected chi connectivity index (χ3v) is 6.22. The summed E-state index contributed by atoms with van der Waals surface area (Å²) in [5.41, 5.74) is 1.04. The number of aromatic nitrogens is 1. The van der Waals surface area contributed by atoms with Gasteiger partial charge in [0.1, 0.15) is 0 Å². The summed E-state index contributed by atoms with van der Waals surface area (Å²) in [6.45, 7) is 3.13. The van der Waals surface area contributed by atoms with Crippen LogP contribution in [-0.2, 0) is 16.6 Å². The lowest BCUT2D eigenvalue weighted by molar-refractivity contribution is 0.282. The van der Waals surface area contributed by atoms with Gasteiger partial charge in [-0.15, -0.1) is 0 Å². The molecule has 3 rings (SSSR count). The SMILES string of the molecule is C[C@@H]1c2cccn2CCN1S(=O)(=O)c1ccc(Br)cc1. The van der Waals surface area contributed by atoms with Crippen LogP contribution in [-0.4, -0.2) is 23.8 Å². The molecule has 2 aromatic rings. The molecule has 1 aromatic carbocycles. The Kier molecular flexibility index (Phi) is 3.48. The number of hydrogen-bond acceptors (Lipinski definition) is 2. The van der Waals surface area contributed by atoms with Crippen LogP contribution in [0.5, 0.6) is 0 Å². The fourth-order valence-electron chi connectivity index (χ4n) is 2.63. The van der Waals surface area contributed by atoms with Gasteiger partial charge in [0.2, 0.25) is 10.0 Å². The van der Waals surface area contributed by atoms with Gasteiger partial charge in [0.25, 0.3) is 0 Å². The van der Waals surface area contributed by atoms with E-state index < -0.39 is 10.0 Å². The van der Waals surface area contributed by atoms with Crippen LogP contribution in [0.2, 0.25) is 0 Å². The zero-order valence-electron chi connectivity index (χ0n) is 11.0. The predicted octanol–water partition coefficient (Wildman–Crippen LogP) is 3.02. The van der Waals surface area contributed by atoms with Crippen molar-refractivity contribution in [2.24, 2.45) is 0 Å². The van der Waals surface area contributed by atoms with E-state index >= 15 is 0 Å². The Morgan fingerprint density at radius 2 is 1.85 bits per heavy atom. The molecule has 1 aromatic heterocycles. The summed E-state index contributed by atoms with van der Waals surface area (Å²) in [6, 6.07) is 10.6. The highest BCUT2D eigenvalue weighted by Gasteiger charge is 2.33. The Hall–Kier alpha value is -1.11. The Balaban J connectivity index is 1.99. The average molecular weight is 355 g/mol. The minimum Gasteiger partial charge on any atom is -0.349 e. The lowest BCUT2D eigenvalue weighted by atomic mass is 10.2. The molecule has 4 nitrogen and oxygen atoms in total. The largest absolute Gasteiger partial charge is 0.349 e. The number of rotatable bonds is 2. The van der Waals surface area contributed by atoms with Crippen LogP contribution < -0.4 is 0 Å². The van der Waals surface area contributed by atoms with Crippen LogP contribution >= 0.6 is 15.9 Å². The number of benzene rings is 1. The highest BCUT2D eigenvalue weighted by molar-refractivity contribution is 9.10. The normalized spacial score (nSPS) is 19.8. The molecule has 1 atom stereocenters. The average Bonchev–Trinajstić information content (AvgIpc) is 2.88. The Labute approximate surface area is 127 Å². The Morgan fingerprint density at radius 3 is 2.55 bits per heavy atom. The molecule has 2 heterocycles. The van der Waals surface area contributed by atoms with E-state index in [1.165, 1.54) is 0 Å². The second-order valence-corrected chi connectivity index (χ2v) is 7.68. The van der Waals surface area contributed by atoms with Gasteiger partial charge >= 0.3 is 0 Å². The first kappa shape index (κ1) is 13.9. The van der Waals surface area contributed by atoms with E-state index in [0.29, 0.717) is 18.0 Å². The van der Waals surface area contributed by atoms with Crippen LogP contribution in [0.3, 0.4) is 0 Å². The number of nitrogens with zero attached hydrogens (tertiary/aromatic N) is 2. The number of fused-ring (bicyclic) bond motifs is 1. The molecule has 0 saturated carbocycles. The molecule has 0 radical (unpaired) electrons. The lowest BCUT2D eigenvalue weighted by Crippen LogP contribution is -2.40. The second-order valence-electron chi connectivity index (χ2n) is 4.87. The summed E-state index contributed by atoms with van der Waals surface area (Å²) < 4.78 is 30.0. The van der Waals surface area contributed by atoms with Gasteiger partial charge < -0.3 is 4.57 Å². The molecule has 0 saturated heterocycles. The summed E-state index contributed by atoms with van der Waals surface area (Å²) in [5, 5.41) is 0. The summed E-state index contributed by atoms with van der Waals surface area (Å²) in [6.07, 6.45) is 2.00. The van der Waals surface area contributed by atoms with Crippen molar-refractivity contribution in [3.63, 3.8) is 0 Å². The third kappa shape index (κ3) is 2.21.